The van der Waals surface area contributed by atoms with Crippen LogP contribution in [0.2, 0.25) is 0 Å². The number of aliphatic hydroxyl groups excluding tert-OH is 2. The summed E-state index contributed by atoms with van der Waals surface area (Å²) in [5, 5.41) is 21.9. The van der Waals surface area contributed by atoms with Crippen LogP contribution in [0.15, 0.2) is 54.7 Å². The van der Waals surface area contributed by atoms with Crippen molar-refractivity contribution in [3.8, 4) is 17.6 Å². The Balaban J connectivity index is 1.34. The van der Waals surface area contributed by atoms with Crippen molar-refractivity contribution in [1.82, 2.24) is 9.88 Å². The molecule has 5 nitrogen and oxygen atoms in total. The number of pyridine rings is 1. The normalized spacial score (nSPS) is 19.4. The van der Waals surface area contributed by atoms with Crippen LogP contribution in [0.4, 0.5) is 4.39 Å². The second-order valence-electron chi connectivity index (χ2n) is 8.92. The van der Waals surface area contributed by atoms with Crippen LogP contribution in [0.5, 0.6) is 5.75 Å². The third-order valence-electron chi connectivity index (χ3n) is 6.72. The van der Waals surface area contributed by atoms with E-state index in [9.17, 15) is 14.6 Å². The number of hydrogen-bond acceptors (Lipinski definition) is 5. The first-order valence-electron chi connectivity index (χ1n) is 11.8. The van der Waals surface area contributed by atoms with Crippen molar-refractivity contribution < 1.29 is 19.3 Å². The smallest absolute Gasteiger partial charge is 0.124 e. The van der Waals surface area contributed by atoms with Gasteiger partial charge in [0.25, 0.3) is 0 Å². The van der Waals surface area contributed by atoms with Gasteiger partial charge >= 0.3 is 0 Å². The molecule has 34 heavy (non-hydrogen) atoms. The summed E-state index contributed by atoms with van der Waals surface area (Å²) >= 11 is 0. The molecule has 0 unspecified atom stereocenters. The number of nitrogens with zero attached hydrogens (tertiary/aromatic N) is 2. The fourth-order valence-electron chi connectivity index (χ4n) is 4.80. The molecule has 0 bridgehead atoms. The Labute approximate surface area is 200 Å². The summed E-state index contributed by atoms with van der Waals surface area (Å²) in [6, 6.07) is 13.9. The average molecular weight is 463 g/mol. The van der Waals surface area contributed by atoms with Gasteiger partial charge in [-0.25, -0.2) is 4.39 Å². The fourth-order valence-corrected chi connectivity index (χ4v) is 4.80. The van der Waals surface area contributed by atoms with Gasteiger partial charge < -0.3 is 14.9 Å². The molecule has 1 fully saturated rings. The maximum absolute atomic E-state index is 13.3. The molecule has 1 aliphatic rings. The number of aliphatic hydroxyl groups is 2. The minimum atomic E-state index is -0.605. The summed E-state index contributed by atoms with van der Waals surface area (Å²) in [7, 11) is 1.63. The molecule has 0 saturated carbocycles. The highest BCUT2D eigenvalue weighted by molar-refractivity contribution is 5.83. The summed E-state index contributed by atoms with van der Waals surface area (Å²) in [6.07, 6.45) is 3.53. The molecule has 4 rings (SSSR count). The van der Waals surface area contributed by atoms with Crippen LogP contribution in [0, 0.1) is 29.5 Å². The lowest BCUT2D eigenvalue weighted by atomic mass is 9.81. The third kappa shape index (κ3) is 5.92. The number of rotatable bonds is 7. The van der Waals surface area contributed by atoms with Crippen LogP contribution in [0.25, 0.3) is 10.9 Å². The van der Waals surface area contributed by atoms with Crippen LogP contribution in [-0.2, 0) is 0 Å². The van der Waals surface area contributed by atoms with Crippen LogP contribution < -0.4 is 4.74 Å². The average Bonchev–Trinajstić information content (AvgIpc) is 2.87. The lowest BCUT2D eigenvalue weighted by Crippen LogP contribution is -2.42. The van der Waals surface area contributed by atoms with Crippen LogP contribution in [-0.4, -0.2) is 53.4 Å². The third-order valence-corrected chi connectivity index (χ3v) is 6.72. The highest BCUT2D eigenvalue weighted by atomic mass is 19.1. The van der Waals surface area contributed by atoms with Crippen molar-refractivity contribution in [2.75, 3.05) is 33.4 Å². The van der Waals surface area contributed by atoms with Crippen LogP contribution >= 0.6 is 0 Å². The number of ether oxygens (including phenoxy) is 1. The molecule has 0 aliphatic carbocycles. The second-order valence-corrected chi connectivity index (χ2v) is 8.92. The highest BCUT2D eigenvalue weighted by Crippen LogP contribution is 2.33. The summed E-state index contributed by atoms with van der Waals surface area (Å²) in [5.74, 6) is 7.09. The standard InChI is InChI=1S/C28H31FN2O3/c1-34-24-8-9-27-26(17-24)25(11-13-30-27)28(33)10-7-21-12-15-31(18-22(21)19-32)14-3-5-20-4-2-6-23(29)16-20/h2,4,6,8-9,11,13,16-17,21-22,28,32-33H,7,10,12,14-15,18-19H2,1H3/t21-,22-,28+/m1/s1. The molecule has 1 aromatic heterocycles. The van der Waals surface area contributed by atoms with E-state index in [0.29, 0.717) is 24.4 Å². The molecule has 3 aromatic rings. The number of fused-ring (bicyclic) bond motifs is 1. The van der Waals surface area contributed by atoms with Gasteiger partial charge in [0, 0.05) is 30.3 Å². The van der Waals surface area contributed by atoms with E-state index in [0.717, 1.165) is 48.1 Å². The molecule has 6 heteroatoms. The van der Waals surface area contributed by atoms with Gasteiger partial charge in [0.1, 0.15) is 11.6 Å². The molecule has 3 atom stereocenters. The molecule has 2 N–H and O–H groups in total. The lowest BCUT2D eigenvalue weighted by Gasteiger charge is -2.37. The molecule has 2 aromatic carbocycles. The first-order chi connectivity index (χ1) is 16.6. The van der Waals surface area contributed by atoms with Crippen molar-refractivity contribution >= 4 is 10.9 Å². The Morgan fingerprint density at radius 3 is 2.88 bits per heavy atom. The Morgan fingerprint density at radius 1 is 1.21 bits per heavy atom. The van der Waals surface area contributed by atoms with Gasteiger partial charge in [-0.2, -0.15) is 0 Å². The predicted octanol–water partition coefficient (Wildman–Crippen LogP) is 4.18. The van der Waals surface area contributed by atoms with E-state index in [4.69, 9.17) is 4.74 Å². The Kier molecular flexibility index (Phi) is 8.12. The topological polar surface area (TPSA) is 65.8 Å². The van der Waals surface area contributed by atoms with E-state index in [1.807, 2.05) is 24.3 Å². The summed E-state index contributed by atoms with van der Waals surface area (Å²) in [5.41, 5.74) is 2.36. The van der Waals surface area contributed by atoms with Gasteiger partial charge in [-0.05, 0) is 85.7 Å². The van der Waals surface area contributed by atoms with Gasteiger partial charge in [-0.3, -0.25) is 9.88 Å². The Hall–Kier alpha value is -2.98. The zero-order chi connectivity index (χ0) is 23.9. The van der Waals surface area contributed by atoms with E-state index in [2.05, 4.69) is 21.7 Å². The minimum Gasteiger partial charge on any atom is -0.497 e. The van der Waals surface area contributed by atoms with Gasteiger partial charge in [0.15, 0.2) is 0 Å². The molecule has 178 valence electrons. The summed E-state index contributed by atoms with van der Waals surface area (Å²) in [6.45, 7) is 2.37. The predicted molar refractivity (Wildman–Crippen MR) is 131 cm³/mol. The van der Waals surface area contributed by atoms with E-state index in [1.54, 1.807) is 25.4 Å². The van der Waals surface area contributed by atoms with Crippen molar-refractivity contribution in [2.45, 2.75) is 25.4 Å². The van der Waals surface area contributed by atoms with Crippen molar-refractivity contribution in [2.24, 2.45) is 11.8 Å². The molecular formula is C28H31FN2O3. The maximum atomic E-state index is 13.3. The zero-order valence-corrected chi connectivity index (χ0v) is 19.5. The monoisotopic (exact) mass is 462 g/mol. The van der Waals surface area contributed by atoms with Crippen molar-refractivity contribution in [1.29, 1.82) is 0 Å². The zero-order valence-electron chi connectivity index (χ0n) is 19.5. The van der Waals surface area contributed by atoms with Crippen molar-refractivity contribution in [3.05, 3.63) is 71.7 Å². The van der Waals surface area contributed by atoms with Gasteiger partial charge in [0.2, 0.25) is 0 Å². The SMILES string of the molecule is COc1ccc2nccc([C@@H](O)CC[C@@H]3CCN(CC#Cc4cccc(F)c4)C[C@@H]3CO)c2c1. The Bertz CT molecular complexity index is 1170. The van der Waals surface area contributed by atoms with Crippen LogP contribution in [0.1, 0.15) is 36.5 Å². The van der Waals surface area contributed by atoms with E-state index >= 15 is 0 Å². The highest BCUT2D eigenvalue weighted by Gasteiger charge is 2.29. The quantitative estimate of drug-likeness (QED) is 0.516. The minimum absolute atomic E-state index is 0.115. The molecule has 0 spiro atoms. The number of hydrogen-bond donors (Lipinski definition) is 2. The summed E-state index contributed by atoms with van der Waals surface area (Å²) < 4.78 is 18.6. The van der Waals surface area contributed by atoms with E-state index in [1.165, 1.54) is 12.1 Å². The second kappa shape index (κ2) is 11.4. The molecule has 0 radical (unpaired) electrons. The maximum Gasteiger partial charge on any atom is 0.124 e. The fraction of sp³-hybridized carbons (Fsp3) is 0.393. The first kappa shape index (κ1) is 24.2. The van der Waals surface area contributed by atoms with Gasteiger partial charge in [0.05, 0.1) is 25.3 Å². The van der Waals surface area contributed by atoms with E-state index in [-0.39, 0.29) is 18.3 Å². The van der Waals surface area contributed by atoms with E-state index < -0.39 is 6.10 Å². The lowest BCUT2D eigenvalue weighted by molar-refractivity contribution is 0.0640. The number of halogens is 1. The first-order valence-corrected chi connectivity index (χ1v) is 11.8. The van der Waals surface area contributed by atoms with Crippen molar-refractivity contribution in [3.63, 3.8) is 0 Å². The molecule has 1 saturated heterocycles. The number of likely N-dealkylation sites (tertiary alicyclic amines) is 1. The molecule has 0 amide bonds. The van der Waals surface area contributed by atoms with Gasteiger partial charge in [-0.1, -0.05) is 17.9 Å². The largest absolute Gasteiger partial charge is 0.497 e. The van der Waals surface area contributed by atoms with Gasteiger partial charge in [-0.15, -0.1) is 0 Å². The molecule has 1 aliphatic heterocycles. The van der Waals surface area contributed by atoms with Crippen LogP contribution in [0.3, 0.4) is 0 Å². The number of methoxy groups -OCH3 is 1. The Morgan fingerprint density at radius 2 is 2.09 bits per heavy atom. The number of benzene rings is 2. The summed E-state index contributed by atoms with van der Waals surface area (Å²) in [4.78, 5) is 6.64. The molecular weight excluding hydrogens is 431 g/mol. The molecule has 2 heterocycles. The number of piperidine rings is 1. The number of aromatic nitrogens is 1.